The Morgan fingerprint density at radius 2 is 1.55 bits per heavy atom. The molecule has 1 aromatic rings. The van der Waals surface area contributed by atoms with Gasteiger partial charge in [-0.3, -0.25) is 0 Å². The van der Waals surface area contributed by atoms with Crippen molar-refractivity contribution in [1.29, 1.82) is 0 Å². The van der Waals surface area contributed by atoms with Crippen LogP contribution in [-0.4, -0.2) is 0 Å². The maximum absolute atomic E-state index is 2.37. The molecule has 0 aliphatic heterocycles. The van der Waals surface area contributed by atoms with Crippen LogP contribution in [0.5, 0.6) is 0 Å². The number of aromatic nitrogens is 1. The molecule has 0 aliphatic rings. The smallest absolute Gasteiger partial charge is 0.171 e. The van der Waals surface area contributed by atoms with E-state index in [0.29, 0.717) is 0 Å². The monoisotopic (exact) mass is 276 g/mol. The summed E-state index contributed by atoms with van der Waals surface area (Å²) >= 11 is 0. The van der Waals surface area contributed by atoms with Crippen LogP contribution < -0.4 is 4.57 Å². The Morgan fingerprint density at radius 3 is 2.20 bits per heavy atom. The minimum absolute atomic E-state index is 0.840. The fraction of sp³-hybridized carbons (Fsp3) is 0.737. The SMILES string of the molecule is CC(C)CCCCc1ccc[n+](CCCCC(C)C)c1. The van der Waals surface area contributed by atoms with Gasteiger partial charge >= 0.3 is 0 Å². The number of unbranched alkanes of at least 4 members (excludes halogenated alkanes) is 2. The van der Waals surface area contributed by atoms with Gasteiger partial charge < -0.3 is 0 Å². The summed E-state index contributed by atoms with van der Waals surface area (Å²) in [7, 11) is 0. The number of nitrogens with zero attached hydrogens (tertiary/aromatic N) is 1. The molecule has 114 valence electrons. The highest BCUT2D eigenvalue weighted by atomic mass is 14.9. The van der Waals surface area contributed by atoms with Gasteiger partial charge in [0.15, 0.2) is 12.4 Å². The molecule has 1 heterocycles. The van der Waals surface area contributed by atoms with E-state index in [2.05, 4.69) is 56.8 Å². The molecule has 0 saturated carbocycles. The van der Waals surface area contributed by atoms with Crippen LogP contribution in [0.15, 0.2) is 24.5 Å². The van der Waals surface area contributed by atoms with Crippen molar-refractivity contribution in [1.82, 2.24) is 0 Å². The highest BCUT2D eigenvalue weighted by Gasteiger charge is 2.04. The molecular weight excluding hydrogens is 242 g/mol. The van der Waals surface area contributed by atoms with E-state index in [1.165, 1.54) is 57.1 Å². The third kappa shape index (κ3) is 8.35. The lowest BCUT2D eigenvalue weighted by atomic mass is 10.0. The van der Waals surface area contributed by atoms with E-state index in [9.17, 15) is 0 Å². The number of hydrogen-bond acceptors (Lipinski definition) is 0. The number of aryl methyl sites for hydroxylation is 2. The molecule has 0 N–H and O–H groups in total. The van der Waals surface area contributed by atoms with Gasteiger partial charge in [-0.15, -0.1) is 0 Å². The Balaban J connectivity index is 2.26. The molecule has 0 radical (unpaired) electrons. The van der Waals surface area contributed by atoms with Gasteiger partial charge in [0, 0.05) is 18.1 Å². The lowest BCUT2D eigenvalue weighted by Gasteiger charge is -2.05. The van der Waals surface area contributed by atoms with Gasteiger partial charge in [-0.1, -0.05) is 47.0 Å². The Hall–Kier alpha value is -0.850. The molecule has 1 heteroatoms. The third-order valence-corrected chi connectivity index (χ3v) is 3.86. The first-order valence-corrected chi connectivity index (χ1v) is 8.56. The van der Waals surface area contributed by atoms with E-state index in [-0.39, 0.29) is 0 Å². The van der Waals surface area contributed by atoms with E-state index in [1.54, 1.807) is 0 Å². The van der Waals surface area contributed by atoms with Gasteiger partial charge in [0.25, 0.3) is 0 Å². The first-order valence-electron chi connectivity index (χ1n) is 8.56. The Labute approximate surface area is 126 Å². The largest absolute Gasteiger partial charge is 0.205 e. The van der Waals surface area contributed by atoms with E-state index in [1.807, 2.05) is 0 Å². The molecule has 0 unspecified atom stereocenters. The Kier molecular flexibility index (Phi) is 8.57. The van der Waals surface area contributed by atoms with Gasteiger partial charge in [-0.05, 0) is 37.2 Å². The van der Waals surface area contributed by atoms with Gasteiger partial charge in [-0.25, -0.2) is 4.57 Å². The second kappa shape index (κ2) is 9.96. The molecule has 0 aliphatic carbocycles. The highest BCUT2D eigenvalue weighted by Crippen LogP contribution is 2.10. The van der Waals surface area contributed by atoms with Gasteiger partial charge in [-0.2, -0.15) is 0 Å². The second-order valence-electron chi connectivity index (χ2n) is 6.98. The lowest BCUT2D eigenvalue weighted by Crippen LogP contribution is -2.33. The topological polar surface area (TPSA) is 3.88 Å². The van der Waals surface area contributed by atoms with Crippen LogP contribution in [0.25, 0.3) is 0 Å². The zero-order valence-electron chi connectivity index (χ0n) is 14.1. The fourth-order valence-corrected chi connectivity index (χ4v) is 2.59. The van der Waals surface area contributed by atoms with Crippen molar-refractivity contribution in [3.8, 4) is 0 Å². The zero-order chi connectivity index (χ0) is 14.8. The predicted molar refractivity (Wildman–Crippen MR) is 87.7 cm³/mol. The fourth-order valence-electron chi connectivity index (χ4n) is 2.59. The standard InChI is InChI=1S/C19H34N/c1-17(2)10-5-6-12-19-13-9-15-20(16-19)14-8-7-11-18(3)4/h9,13,15-18H,5-8,10-12,14H2,1-4H3/q+1. The molecule has 0 amide bonds. The van der Waals surface area contributed by atoms with Crippen LogP contribution in [0, 0.1) is 11.8 Å². The maximum Gasteiger partial charge on any atom is 0.171 e. The first kappa shape index (κ1) is 17.2. The molecule has 0 spiro atoms. The van der Waals surface area contributed by atoms with Crippen molar-refractivity contribution in [3.05, 3.63) is 30.1 Å². The molecule has 0 fully saturated rings. The summed E-state index contributed by atoms with van der Waals surface area (Å²) in [5.41, 5.74) is 1.50. The third-order valence-electron chi connectivity index (χ3n) is 3.86. The second-order valence-corrected chi connectivity index (χ2v) is 6.98. The van der Waals surface area contributed by atoms with Crippen LogP contribution in [0.4, 0.5) is 0 Å². The van der Waals surface area contributed by atoms with E-state index in [4.69, 9.17) is 0 Å². The molecule has 1 rings (SSSR count). The number of hydrogen-bond donors (Lipinski definition) is 0. The molecule has 1 aromatic heterocycles. The highest BCUT2D eigenvalue weighted by molar-refractivity contribution is 5.05. The van der Waals surface area contributed by atoms with Crippen molar-refractivity contribution >= 4 is 0 Å². The summed E-state index contributed by atoms with van der Waals surface area (Å²) < 4.78 is 2.37. The predicted octanol–water partition coefficient (Wildman–Crippen LogP) is 5.17. The van der Waals surface area contributed by atoms with Crippen LogP contribution >= 0.6 is 0 Å². The normalized spacial score (nSPS) is 11.5. The number of pyridine rings is 1. The Morgan fingerprint density at radius 1 is 0.900 bits per heavy atom. The summed E-state index contributed by atoms with van der Waals surface area (Å²) in [5, 5.41) is 0. The number of rotatable bonds is 10. The van der Waals surface area contributed by atoms with Crippen LogP contribution in [-0.2, 0) is 13.0 Å². The molecular formula is C19H34N+. The van der Waals surface area contributed by atoms with Crippen LogP contribution in [0.2, 0.25) is 0 Å². The summed E-state index contributed by atoms with van der Waals surface area (Å²) in [5.74, 6) is 1.68. The van der Waals surface area contributed by atoms with Crippen molar-refractivity contribution in [2.45, 2.75) is 79.2 Å². The van der Waals surface area contributed by atoms with Crippen molar-refractivity contribution in [2.75, 3.05) is 0 Å². The van der Waals surface area contributed by atoms with Gasteiger partial charge in [0.2, 0.25) is 0 Å². The minimum Gasteiger partial charge on any atom is -0.205 e. The van der Waals surface area contributed by atoms with E-state index < -0.39 is 0 Å². The summed E-state index contributed by atoms with van der Waals surface area (Å²) in [4.78, 5) is 0. The Bertz CT molecular complexity index is 323. The molecule has 0 aromatic carbocycles. The maximum atomic E-state index is 2.37. The lowest BCUT2D eigenvalue weighted by molar-refractivity contribution is -0.697. The van der Waals surface area contributed by atoms with E-state index >= 15 is 0 Å². The minimum atomic E-state index is 0.840. The van der Waals surface area contributed by atoms with Crippen molar-refractivity contribution < 1.29 is 4.57 Å². The molecule has 1 nitrogen and oxygen atoms in total. The van der Waals surface area contributed by atoms with Crippen molar-refractivity contribution in [3.63, 3.8) is 0 Å². The average Bonchev–Trinajstić information content (AvgIpc) is 2.40. The quantitative estimate of drug-likeness (QED) is 0.410. The molecule has 0 saturated heterocycles. The summed E-state index contributed by atoms with van der Waals surface area (Å²) in [6.07, 6.45) is 13.9. The van der Waals surface area contributed by atoms with E-state index in [0.717, 1.165) is 11.8 Å². The van der Waals surface area contributed by atoms with Gasteiger partial charge in [0.1, 0.15) is 6.54 Å². The summed E-state index contributed by atoms with van der Waals surface area (Å²) in [6.45, 7) is 10.4. The summed E-state index contributed by atoms with van der Waals surface area (Å²) in [6, 6.07) is 4.49. The van der Waals surface area contributed by atoms with Gasteiger partial charge in [0.05, 0.1) is 0 Å². The van der Waals surface area contributed by atoms with Crippen LogP contribution in [0.1, 0.15) is 71.8 Å². The van der Waals surface area contributed by atoms with Crippen molar-refractivity contribution in [2.24, 2.45) is 11.8 Å². The first-order chi connectivity index (χ1) is 9.58. The zero-order valence-corrected chi connectivity index (χ0v) is 14.1. The van der Waals surface area contributed by atoms with Crippen LogP contribution in [0.3, 0.4) is 0 Å². The molecule has 20 heavy (non-hydrogen) atoms. The molecule has 0 bridgehead atoms. The average molecular weight is 276 g/mol. The molecule has 0 atom stereocenters.